The molecule has 3 aromatic carbocycles. The number of hydrogen-bond donors (Lipinski definition) is 2. The van der Waals surface area contributed by atoms with Gasteiger partial charge in [0.2, 0.25) is 0 Å². The molecule has 2 N–H and O–H groups in total. The summed E-state index contributed by atoms with van der Waals surface area (Å²) in [4.78, 5) is 19.9. The number of pyridine rings is 2. The van der Waals surface area contributed by atoms with Crippen LogP contribution in [0.4, 0.5) is 0 Å². The molecule has 0 saturated carbocycles. The molecule has 2 aromatic heterocycles. The van der Waals surface area contributed by atoms with Gasteiger partial charge < -0.3 is 14.8 Å². The lowest BCUT2D eigenvalue weighted by molar-refractivity contribution is 0.107. The molecule has 5 aromatic rings. The molecular formula is C28H22N2O3. The van der Waals surface area contributed by atoms with Gasteiger partial charge in [-0.2, -0.15) is 0 Å². The van der Waals surface area contributed by atoms with E-state index in [-0.39, 0.29) is 11.3 Å². The van der Waals surface area contributed by atoms with Gasteiger partial charge in [-0.05, 0) is 41.0 Å². The Hall–Kier alpha value is -4.22. The first-order chi connectivity index (χ1) is 16.2. The largest absolute Gasteiger partial charge is 0.508 e. The first-order valence-corrected chi connectivity index (χ1v) is 10.7. The van der Waals surface area contributed by atoms with Gasteiger partial charge in [0.25, 0.3) is 5.56 Å². The third-order valence-electron chi connectivity index (χ3n) is 5.51. The Labute approximate surface area is 191 Å². The number of benzene rings is 3. The van der Waals surface area contributed by atoms with Crippen molar-refractivity contribution >= 4 is 10.9 Å². The van der Waals surface area contributed by atoms with Crippen molar-refractivity contribution in [1.82, 2.24) is 9.97 Å². The molecule has 0 saturated heterocycles. The number of aromatic amines is 1. The summed E-state index contributed by atoms with van der Waals surface area (Å²) in [5, 5.41) is 10.1. The summed E-state index contributed by atoms with van der Waals surface area (Å²) in [6.07, 6.45) is 1.62. The van der Waals surface area contributed by atoms with Crippen molar-refractivity contribution in [3.8, 4) is 28.1 Å². The van der Waals surface area contributed by atoms with Crippen LogP contribution in [0.2, 0.25) is 0 Å². The van der Waals surface area contributed by atoms with Crippen molar-refractivity contribution < 1.29 is 9.84 Å². The molecule has 0 amide bonds. The molecule has 0 unspecified atom stereocenters. The number of ether oxygens (including phenoxy) is 1. The first-order valence-electron chi connectivity index (χ1n) is 10.7. The summed E-state index contributed by atoms with van der Waals surface area (Å²) in [5.41, 5.74) is 6.18. The van der Waals surface area contributed by atoms with Gasteiger partial charge in [0.15, 0.2) is 0 Å². The molecule has 5 heteroatoms. The van der Waals surface area contributed by atoms with Gasteiger partial charge >= 0.3 is 0 Å². The molecule has 0 atom stereocenters. The predicted molar refractivity (Wildman–Crippen MR) is 130 cm³/mol. The Morgan fingerprint density at radius 1 is 0.788 bits per heavy atom. The summed E-state index contributed by atoms with van der Waals surface area (Å²) >= 11 is 0. The standard InChI is InChI=1S/C28H22N2O3/c31-23-8-4-5-20(15-23)18-33-17-19-9-11-22(12-10-19)27-24(21-6-2-1-3-7-21)16-25-26(30-27)13-14-29-28(25)32/h1-16,31H,17-18H2,(H,29,32). The molecule has 5 rings (SSSR count). The predicted octanol–water partition coefficient (Wildman–Crippen LogP) is 5.68. The number of nitrogens with zero attached hydrogens (tertiary/aromatic N) is 1. The number of phenolic OH excluding ortho intramolecular Hbond substituents is 1. The monoisotopic (exact) mass is 434 g/mol. The molecular weight excluding hydrogens is 412 g/mol. The number of phenols is 1. The lowest BCUT2D eigenvalue weighted by Crippen LogP contribution is -2.06. The fourth-order valence-electron chi connectivity index (χ4n) is 3.86. The molecule has 0 fully saturated rings. The molecule has 2 heterocycles. The van der Waals surface area contributed by atoms with Crippen molar-refractivity contribution in [3.05, 3.63) is 119 Å². The minimum atomic E-state index is -0.150. The lowest BCUT2D eigenvalue weighted by atomic mass is 9.97. The quantitative estimate of drug-likeness (QED) is 0.361. The van der Waals surface area contributed by atoms with Gasteiger partial charge in [0.1, 0.15) is 5.75 Å². The number of rotatable bonds is 6. The van der Waals surface area contributed by atoms with Crippen molar-refractivity contribution in [2.24, 2.45) is 0 Å². The van der Waals surface area contributed by atoms with Crippen molar-refractivity contribution in [3.63, 3.8) is 0 Å². The highest BCUT2D eigenvalue weighted by Crippen LogP contribution is 2.32. The van der Waals surface area contributed by atoms with Crippen LogP contribution in [-0.2, 0) is 18.0 Å². The van der Waals surface area contributed by atoms with E-state index in [4.69, 9.17) is 9.72 Å². The van der Waals surface area contributed by atoms with E-state index in [0.29, 0.717) is 24.1 Å². The van der Waals surface area contributed by atoms with E-state index in [9.17, 15) is 9.90 Å². The van der Waals surface area contributed by atoms with Crippen LogP contribution in [0.5, 0.6) is 5.75 Å². The van der Waals surface area contributed by atoms with E-state index in [1.165, 1.54) is 0 Å². The maximum Gasteiger partial charge on any atom is 0.257 e. The number of aromatic hydroxyl groups is 1. The van der Waals surface area contributed by atoms with Gasteiger partial charge in [0.05, 0.1) is 29.8 Å². The highest BCUT2D eigenvalue weighted by molar-refractivity contribution is 5.91. The maximum atomic E-state index is 12.4. The van der Waals surface area contributed by atoms with E-state index >= 15 is 0 Å². The minimum absolute atomic E-state index is 0.150. The van der Waals surface area contributed by atoms with E-state index in [2.05, 4.69) is 4.98 Å². The zero-order valence-electron chi connectivity index (χ0n) is 17.9. The molecule has 0 radical (unpaired) electrons. The second-order valence-electron chi connectivity index (χ2n) is 7.85. The minimum Gasteiger partial charge on any atom is -0.508 e. The van der Waals surface area contributed by atoms with Gasteiger partial charge in [-0.3, -0.25) is 4.79 Å². The van der Waals surface area contributed by atoms with E-state index in [1.807, 2.05) is 72.8 Å². The SMILES string of the molecule is O=c1[nH]ccc2nc(-c3ccc(COCc4cccc(O)c4)cc3)c(-c3ccccc3)cc12. The lowest BCUT2D eigenvalue weighted by Gasteiger charge is -2.12. The smallest absolute Gasteiger partial charge is 0.257 e. The number of hydrogen-bond acceptors (Lipinski definition) is 4. The van der Waals surface area contributed by atoms with Gasteiger partial charge in [0, 0.05) is 17.3 Å². The molecule has 0 bridgehead atoms. The number of fused-ring (bicyclic) bond motifs is 1. The Bertz CT molecular complexity index is 1460. The third-order valence-corrected chi connectivity index (χ3v) is 5.51. The zero-order valence-corrected chi connectivity index (χ0v) is 17.9. The molecule has 0 aliphatic heterocycles. The molecule has 0 spiro atoms. The topological polar surface area (TPSA) is 75.2 Å². The highest BCUT2D eigenvalue weighted by atomic mass is 16.5. The van der Waals surface area contributed by atoms with E-state index < -0.39 is 0 Å². The number of H-pyrrole nitrogens is 1. The third kappa shape index (κ3) is 4.54. The van der Waals surface area contributed by atoms with Crippen molar-refractivity contribution in [2.75, 3.05) is 0 Å². The van der Waals surface area contributed by atoms with Crippen LogP contribution >= 0.6 is 0 Å². The molecule has 0 aliphatic carbocycles. The second-order valence-corrected chi connectivity index (χ2v) is 7.85. The Morgan fingerprint density at radius 2 is 1.58 bits per heavy atom. The number of aromatic nitrogens is 2. The van der Waals surface area contributed by atoms with Crippen LogP contribution in [0, 0.1) is 0 Å². The van der Waals surface area contributed by atoms with E-state index in [1.54, 1.807) is 24.4 Å². The molecule has 162 valence electrons. The van der Waals surface area contributed by atoms with Crippen LogP contribution in [0.3, 0.4) is 0 Å². The zero-order chi connectivity index (χ0) is 22.6. The van der Waals surface area contributed by atoms with E-state index in [0.717, 1.165) is 33.5 Å². The molecule has 0 aliphatic rings. The van der Waals surface area contributed by atoms with Crippen molar-refractivity contribution in [2.45, 2.75) is 13.2 Å². The number of nitrogens with one attached hydrogen (secondary N) is 1. The average molecular weight is 434 g/mol. The summed E-state index contributed by atoms with van der Waals surface area (Å²) in [7, 11) is 0. The van der Waals surface area contributed by atoms with Gasteiger partial charge in [-0.25, -0.2) is 4.98 Å². The van der Waals surface area contributed by atoms with Gasteiger partial charge in [-0.1, -0.05) is 66.7 Å². The van der Waals surface area contributed by atoms with Crippen LogP contribution in [0.15, 0.2) is 102 Å². The normalized spacial score (nSPS) is 11.0. The highest BCUT2D eigenvalue weighted by Gasteiger charge is 2.13. The fourth-order valence-corrected chi connectivity index (χ4v) is 3.86. The van der Waals surface area contributed by atoms with Crippen LogP contribution in [-0.4, -0.2) is 15.1 Å². The second kappa shape index (κ2) is 9.10. The van der Waals surface area contributed by atoms with Crippen LogP contribution in [0.1, 0.15) is 11.1 Å². The van der Waals surface area contributed by atoms with Gasteiger partial charge in [-0.15, -0.1) is 0 Å². The average Bonchev–Trinajstić information content (AvgIpc) is 2.85. The summed E-state index contributed by atoms with van der Waals surface area (Å²) in [5.74, 6) is 0.236. The maximum absolute atomic E-state index is 12.4. The Morgan fingerprint density at radius 3 is 2.36 bits per heavy atom. The Kier molecular flexibility index (Phi) is 5.70. The molecule has 5 nitrogen and oxygen atoms in total. The Balaban J connectivity index is 1.44. The van der Waals surface area contributed by atoms with Crippen LogP contribution < -0.4 is 5.56 Å². The van der Waals surface area contributed by atoms with Crippen molar-refractivity contribution in [1.29, 1.82) is 0 Å². The van der Waals surface area contributed by atoms with Crippen LogP contribution in [0.25, 0.3) is 33.3 Å². The fraction of sp³-hybridized carbons (Fsp3) is 0.0714. The molecule has 33 heavy (non-hydrogen) atoms. The summed E-state index contributed by atoms with van der Waals surface area (Å²) in [6.45, 7) is 0.886. The first kappa shape index (κ1) is 20.7. The summed E-state index contributed by atoms with van der Waals surface area (Å²) < 4.78 is 5.81. The summed E-state index contributed by atoms with van der Waals surface area (Å²) in [6, 6.07) is 28.9.